The highest BCUT2D eigenvalue weighted by Crippen LogP contribution is 2.28. The molecule has 3 aromatic heterocycles. The average Bonchev–Trinajstić information content (AvgIpc) is 3.44. The number of carbonyl (C=O) groups is 1. The van der Waals surface area contributed by atoms with Crippen LogP contribution in [0.4, 0.5) is 0 Å². The first-order valence-corrected chi connectivity index (χ1v) is 8.60. The number of fused-ring (bicyclic) bond motifs is 1. The van der Waals surface area contributed by atoms with Crippen molar-refractivity contribution in [3.8, 4) is 6.07 Å². The molecule has 4 rings (SSSR count). The Kier molecular flexibility index (Phi) is 4.56. The molecule has 28 heavy (non-hydrogen) atoms. The Morgan fingerprint density at radius 3 is 2.71 bits per heavy atom. The van der Waals surface area contributed by atoms with Gasteiger partial charge in [0, 0.05) is 11.5 Å². The standard InChI is InChI=1S/C22H16N2O4/c1-26-22(25)19-12-16-10-18(11-17(13-23)20-8-5-9-27-20)28-21(16)24(19)14-15-6-3-2-4-7-15/h2-12H,14H2,1H3/b17-11+. The number of esters is 1. The predicted molar refractivity (Wildman–Crippen MR) is 103 cm³/mol. The number of hydrogen-bond acceptors (Lipinski definition) is 5. The van der Waals surface area contributed by atoms with Gasteiger partial charge < -0.3 is 18.1 Å². The molecule has 0 aliphatic rings. The summed E-state index contributed by atoms with van der Waals surface area (Å²) < 4.78 is 17.9. The minimum Gasteiger partial charge on any atom is -0.464 e. The summed E-state index contributed by atoms with van der Waals surface area (Å²) in [5, 5.41) is 10.1. The smallest absolute Gasteiger partial charge is 0.354 e. The maximum Gasteiger partial charge on any atom is 0.354 e. The SMILES string of the molecule is COC(=O)c1cc2cc(/C=C(\C#N)c3ccco3)oc2n1Cc1ccccc1. The van der Waals surface area contributed by atoms with Crippen molar-refractivity contribution in [2.75, 3.05) is 7.11 Å². The van der Waals surface area contributed by atoms with E-state index < -0.39 is 5.97 Å². The quantitative estimate of drug-likeness (QED) is 0.374. The fourth-order valence-corrected chi connectivity index (χ4v) is 3.06. The van der Waals surface area contributed by atoms with Crippen molar-refractivity contribution in [2.45, 2.75) is 6.54 Å². The number of nitrogens with zero attached hydrogens (tertiary/aromatic N) is 2. The van der Waals surface area contributed by atoms with Crippen LogP contribution in [0.1, 0.15) is 27.6 Å². The number of methoxy groups -OCH3 is 1. The van der Waals surface area contributed by atoms with E-state index in [1.165, 1.54) is 13.4 Å². The molecule has 0 saturated carbocycles. The van der Waals surface area contributed by atoms with Gasteiger partial charge in [-0.15, -0.1) is 0 Å². The number of ether oxygens (including phenoxy) is 1. The van der Waals surface area contributed by atoms with Crippen LogP contribution >= 0.6 is 0 Å². The van der Waals surface area contributed by atoms with Gasteiger partial charge in [0.05, 0.1) is 25.5 Å². The first-order chi connectivity index (χ1) is 13.7. The maximum atomic E-state index is 12.2. The molecule has 6 heteroatoms. The highest BCUT2D eigenvalue weighted by Gasteiger charge is 2.20. The predicted octanol–water partition coefficient (Wildman–Crippen LogP) is 4.73. The molecule has 0 unspecified atom stereocenters. The highest BCUT2D eigenvalue weighted by atomic mass is 16.5. The van der Waals surface area contributed by atoms with Crippen LogP contribution in [0.2, 0.25) is 0 Å². The van der Waals surface area contributed by atoms with Gasteiger partial charge in [-0.2, -0.15) is 5.26 Å². The molecule has 0 saturated heterocycles. The summed E-state index contributed by atoms with van der Waals surface area (Å²) in [7, 11) is 1.35. The third-order valence-corrected chi connectivity index (χ3v) is 4.36. The van der Waals surface area contributed by atoms with E-state index in [2.05, 4.69) is 6.07 Å². The summed E-state index contributed by atoms with van der Waals surface area (Å²) in [6.45, 7) is 0.453. The van der Waals surface area contributed by atoms with Crippen LogP contribution < -0.4 is 0 Å². The van der Waals surface area contributed by atoms with Gasteiger partial charge in [0.2, 0.25) is 5.71 Å². The minimum atomic E-state index is -0.437. The number of allylic oxidation sites excluding steroid dienone is 1. The third kappa shape index (κ3) is 3.21. The molecule has 0 bridgehead atoms. The summed E-state index contributed by atoms with van der Waals surface area (Å²) in [5.74, 6) is 0.523. The lowest BCUT2D eigenvalue weighted by Crippen LogP contribution is -2.11. The fourth-order valence-electron chi connectivity index (χ4n) is 3.06. The first kappa shape index (κ1) is 17.4. The zero-order chi connectivity index (χ0) is 19.5. The molecule has 0 radical (unpaired) electrons. The molecule has 0 aliphatic carbocycles. The number of nitriles is 1. The molecule has 3 heterocycles. The van der Waals surface area contributed by atoms with Crippen LogP contribution in [0, 0.1) is 11.3 Å². The van der Waals surface area contributed by atoms with Crippen LogP contribution in [0.3, 0.4) is 0 Å². The number of furan rings is 2. The zero-order valence-corrected chi connectivity index (χ0v) is 15.1. The molecule has 6 nitrogen and oxygen atoms in total. The van der Waals surface area contributed by atoms with Gasteiger partial charge in [0.1, 0.15) is 23.3 Å². The van der Waals surface area contributed by atoms with E-state index in [1.807, 2.05) is 30.3 Å². The van der Waals surface area contributed by atoms with E-state index in [9.17, 15) is 10.1 Å². The van der Waals surface area contributed by atoms with Crippen molar-refractivity contribution < 1.29 is 18.4 Å². The van der Waals surface area contributed by atoms with E-state index in [0.29, 0.717) is 35.0 Å². The van der Waals surface area contributed by atoms with E-state index >= 15 is 0 Å². The molecular formula is C22H16N2O4. The van der Waals surface area contributed by atoms with Gasteiger partial charge in [0.25, 0.3) is 0 Å². The van der Waals surface area contributed by atoms with Crippen molar-refractivity contribution in [1.29, 1.82) is 5.26 Å². The number of aromatic nitrogens is 1. The summed E-state index contributed by atoms with van der Waals surface area (Å²) >= 11 is 0. The summed E-state index contributed by atoms with van der Waals surface area (Å²) in [6, 6.07) is 18.8. The summed E-state index contributed by atoms with van der Waals surface area (Å²) in [4.78, 5) is 12.2. The van der Waals surface area contributed by atoms with Gasteiger partial charge in [-0.1, -0.05) is 30.3 Å². The normalized spacial score (nSPS) is 11.5. The number of hydrogen-bond donors (Lipinski definition) is 0. The van der Waals surface area contributed by atoms with Gasteiger partial charge in [-0.25, -0.2) is 4.79 Å². The Bertz CT molecular complexity index is 1190. The molecule has 0 aliphatic heterocycles. The monoisotopic (exact) mass is 372 g/mol. The summed E-state index contributed by atoms with van der Waals surface area (Å²) in [6.07, 6.45) is 3.12. The van der Waals surface area contributed by atoms with E-state index in [-0.39, 0.29) is 0 Å². The average molecular weight is 372 g/mol. The third-order valence-electron chi connectivity index (χ3n) is 4.36. The molecular weight excluding hydrogens is 356 g/mol. The first-order valence-electron chi connectivity index (χ1n) is 8.60. The molecule has 0 spiro atoms. The van der Waals surface area contributed by atoms with Crippen LogP contribution in [0.5, 0.6) is 0 Å². The number of rotatable bonds is 5. The Morgan fingerprint density at radius 2 is 2.04 bits per heavy atom. The number of carbonyl (C=O) groups excluding carboxylic acids is 1. The van der Waals surface area contributed by atoms with Gasteiger partial charge in [0.15, 0.2) is 0 Å². The lowest BCUT2D eigenvalue weighted by molar-refractivity contribution is 0.0589. The maximum absolute atomic E-state index is 12.2. The largest absolute Gasteiger partial charge is 0.464 e. The minimum absolute atomic E-state index is 0.351. The zero-order valence-electron chi connectivity index (χ0n) is 15.1. The second-order valence-electron chi connectivity index (χ2n) is 6.15. The van der Waals surface area contributed by atoms with Crippen LogP contribution in [-0.2, 0) is 11.3 Å². The van der Waals surface area contributed by atoms with Gasteiger partial charge in [-0.3, -0.25) is 0 Å². The molecule has 0 amide bonds. The van der Waals surface area contributed by atoms with Crippen LogP contribution in [0.15, 0.2) is 69.7 Å². The fraction of sp³-hybridized carbons (Fsp3) is 0.0909. The Hall–Kier alpha value is -3.98. The van der Waals surface area contributed by atoms with E-state index in [1.54, 1.807) is 34.9 Å². The van der Waals surface area contributed by atoms with Crippen molar-refractivity contribution in [2.24, 2.45) is 0 Å². The van der Waals surface area contributed by atoms with E-state index in [0.717, 1.165) is 10.9 Å². The molecule has 4 aromatic rings. The van der Waals surface area contributed by atoms with Crippen molar-refractivity contribution >= 4 is 28.7 Å². The lowest BCUT2D eigenvalue weighted by atomic mass is 10.2. The Balaban J connectivity index is 1.79. The van der Waals surface area contributed by atoms with Gasteiger partial charge >= 0.3 is 5.97 Å². The van der Waals surface area contributed by atoms with E-state index in [4.69, 9.17) is 13.6 Å². The Morgan fingerprint density at radius 1 is 1.21 bits per heavy atom. The lowest BCUT2D eigenvalue weighted by Gasteiger charge is -2.08. The van der Waals surface area contributed by atoms with Crippen molar-refractivity contribution in [1.82, 2.24) is 4.57 Å². The highest BCUT2D eigenvalue weighted by molar-refractivity contribution is 5.95. The molecule has 0 atom stereocenters. The second kappa shape index (κ2) is 7.33. The molecule has 1 aromatic carbocycles. The molecule has 0 fully saturated rings. The molecule has 138 valence electrons. The summed E-state index contributed by atoms with van der Waals surface area (Å²) in [5.41, 5.74) is 2.31. The van der Waals surface area contributed by atoms with Crippen LogP contribution in [-0.4, -0.2) is 17.6 Å². The van der Waals surface area contributed by atoms with Gasteiger partial charge in [-0.05, 0) is 29.8 Å². The number of benzene rings is 1. The van der Waals surface area contributed by atoms with Crippen molar-refractivity contribution in [3.63, 3.8) is 0 Å². The molecule has 0 N–H and O–H groups in total. The second-order valence-corrected chi connectivity index (χ2v) is 6.15. The van der Waals surface area contributed by atoms with Crippen LogP contribution in [0.25, 0.3) is 22.7 Å². The topological polar surface area (TPSA) is 81.3 Å². The Labute approximate surface area is 160 Å². The van der Waals surface area contributed by atoms with Crippen molar-refractivity contribution in [3.05, 3.63) is 83.6 Å².